The van der Waals surface area contributed by atoms with Crippen molar-refractivity contribution in [3.05, 3.63) is 65.7 Å². The molecular formula is C32H43N5O5. The van der Waals surface area contributed by atoms with Crippen LogP contribution in [0.15, 0.2) is 54.6 Å². The zero-order valence-corrected chi connectivity index (χ0v) is 24.6. The number of fused-ring (bicyclic) bond motifs is 1. The number of para-hydroxylation sites is 1. The second-order valence-corrected chi connectivity index (χ2v) is 10.8. The number of nitrogens with zero attached hydrogens (tertiary/aromatic N) is 3. The van der Waals surface area contributed by atoms with Crippen LogP contribution in [0.3, 0.4) is 0 Å². The van der Waals surface area contributed by atoms with E-state index in [4.69, 9.17) is 4.74 Å². The Balaban J connectivity index is 1.56. The Hall–Kier alpha value is -3.92. The number of benzene rings is 2. The van der Waals surface area contributed by atoms with Gasteiger partial charge in [-0.2, -0.15) is 0 Å². The smallest absolute Gasteiger partial charge is 0.255 e. The minimum atomic E-state index is -1.12. The lowest BCUT2D eigenvalue weighted by atomic mass is 10.1. The zero-order valence-electron chi connectivity index (χ0n) is 24.6. The van der Waals surface area contributed by atoms with Gasteiger partial charge in [-0.05, 0) is 50.6 Å². The zero-order chi connectivity index (χ0) is 29.7. The van der Waals surface area contributed by atoms with Crippen molar-refractivity contribution in [2.24, 2.45) is 0 Å². The molecule has 0 aromatic heterocycles. The molecule has 1 atom stereocenters. The van der Waals surface area contributed by atoms with Crippen molar-refractivity contribution in [3.8, 4) is 5.75 Å². The van der Waals surface area contributed by atoms with E-state index in [-0.39, 0.29) is 37.6 Å². The van der Waals surface area contributed by atoms with Gasteiger partial charge in [-0.3, -0.25) is 19.2 Å². The molecule has 1 saturated heterocycles. The minimum absolute atomic E-state index is 0.143. The second kappa shape index (κ2) is 15.9. The molecule has 0 unspecified atom stereocenters. The summed E-state index contributed by atoms with van der Waals surface area (Å²) in [6.07, 6.45) is 4.46. The lowest BCUT2D eigenvalue weighted by molar-refractivity contribution is -0.142. The van der Waals surface area contributed by atoms with Crippen LogP contribution < -0.4 is 15.4 Å². The summed E-state index contributed by atoms with van der Waals surface area (Å²) in [7, 11) is 0. The van der Waals surface area contributed by atoms with Gasteiger partial charge in [0.2, 0.25) is 17.7 Å². The molecule has 42 heavy (non-hydrogen) atoms. The largest absolute Gasteiger partial charge is 0.491 e. The molecule has 2 aromatic rings. The van der Waals surface area contributed by atoms with Crippen molar-refractivity contribution in [1.29, 1.82) is 0 Å². The van der Waals surface area contributed by atoms with E-state index in [1.165, 1.54) is 17.7 Å². The van der Waals surface area contributed by atoms with Crippen molar-refractivity contribution >= 4 is 23.6 Å². The number of hydrogen-bond donors (Lipinski definition) is 2. The Bertz CT molecular complexity index is 1200. The Morgan fingerprint density at radius 3 is 2.36 bits per heavy atom. The first-order valence-electron chi connectivity index (χ1n) is 15.1. The molecule has 226 valence electrons. The molecule has 10 heteroatoms. The summed E-state index contributed by atoms with van der Waals surface area (Å²) in [4.78, 5) is 59.4. The van der Waals surface area contributed by atoms with Crippen molar-refractivity contribution in [2.75, 3.05) is 52.4 Å². The molecule has 2 aliphatic heterocycles. The molecule has 2 aliphatic rings. The molecule has 2 heterocycles. The topological polar surface area (TPSA) is 111 Å². The van der Waals surface area contributed by atoms with Crippen LogP contribution >= 0.6 is 0 Å². The van der Waals surface area contributed by atoms with Gasteiger partial charge in [0, 0.05) is 26.2 Å². The number of likely N-dealkylation sites (tertiary alicyclic amines) is 1. The van der Waals surface area contributed by atoms with Gasteiger partial charge in [-0.25, -0.2) is 0 Å². The van der Waals surface area contributed by atoms with Gasteiger partial charge in [0.25, 0.3) is 5.91 Å². The molecule has 0 aliphatic carbocycles. The van der Waals surface area contributed by atoms with E-state index in [0.29, 0.717) is 31.9 Å². The Labute approximate surface area is 248 Å². The summed E-state index contributed by atoms with van der Waals surface area (Å²) in [5, 5.41) is 5.72. The summed E-state index contributed by atoms with van der Waals surface area (Å²) in [5.41, 5.74) is 1.13. The molecule has 0 radical (unpaired) electrons. The number of carbonyl (C=O) groups excluding carboxylic acids is 4. The van der Waals surface area contributed by atoms with Gasteiger partial charge >= 0.3 is 0 Å². The Kier molecular flexibility index (Phi) is 11.8. The summed E-state index contributed by atoms with van der Waals surface area (Å²) in [6.45, 7) is 5.99. The fraction of sp³-hybridized carbons (Fsp3) is 0.500. The highest BCUT2D eigenvalue weighted by Crippen LogP contribution is 2.19. The molecule has 4 amide bonds. The van der Waals surface area contributed by atoms with Crippen LogP contribution in [0.5, 0.6) is 5.75 Å². The predicted octanol–water partition coefficient (Wildman–Crippen LogP) is 2.44. The van der Waals surface area contributed by atoms with Gasteiger partial charge in [0.1, 0.15) is 24.9 Å². The van der Waals surface area contributed by atoms with Crippen LogP contribution in [0, 0.1) is 0 Å². The van der Waals surface area contributed by atoms with Crippen LogP contribution in [0.1, 0.15) is 54.9 Å². The lowest BCUT2D eigenvalue weighted by Crippen LogP contribution is -2.51. The van der Waals surface area contributed by atoms with E-state index in [2.05, 4.69) is 15.5 Å². The van der Waals surface area contributed by atoms with Gasteiger partial charge in [-0.1, -0.05) is 55.3 Å². The standard InChI is InChI=1S/C32H43N5O5/c1-2-36-20-21-42-28-15-9-8-14-26(28)31(40)34-27(32(41)33-16-19-35-17-10-3-4-11-18-35)22-29(38)37(24-30(36)39)23-25-12-6-5-7-13-25/h5-9,12-15,27H,2-4,10-11,16-24H2,1H3,(H,33,41)(H,34,40)/t27-/m0/s1. The highest BCUT2D eigenvalue weighted by molar-refractivity contribution is 6.01. The molecule has 2 N–H and O–H groups in total. The van der Waals surface area contributed by atoms with Gasteiger partial charge < -0.3 is 30.1 Å². The SMILES string of the molecule is CCN1CCOc2ccccc2C(=O)N[C@H](C(=O)NCCN2CCCCCC2)CC(=O)N(Cc2ccccc2)CC1=O. The molecule has 0 bridgehead atoms. The highest BCUT2D eigenvalue weighted by Gasteiger charge is 2.30. The van der Waals surface area contributed by atoms with Crippen LogP contribution in [0.4, 0.5) is 0 Å². The van der Waals surface area contributed by atoms with Gasteiger partial charge in [0.05, 0.1) is 18.5 Å². The summed E-state index contributed by atoms with van der Waals surface area (Å²) >= 11 is 0. The molecular weight excluding hydrogens is 534 g/mol. The maximum Gasteiger partial charge on any atom is 0.255 e. The average Bonchev–Trinajstić information content (AvgIpc) is 3.27. The summed E-state index contributed by atoms with van der Waals surface area (Å²) in [5.74, 6) is -1.18. The molecule has 4 rings (SSSR count). The van der Waals surface area contributed by atoms with E-state index < -0.39 is 23.8 Å². The van der Waals surface area contributed by atoms with Crippen LogP contribution in [0.25, 0.3) is 0 Å². The van der Waals surface area contributed by atoms with E-state index in [1.807, 2.05) is 37.3 Å². The molecule has 10 nitrogen and oxygen atoms in total. The van der Waals surface area contributed by atoms with Crippen LogP contribution in [0.2, 0.25) is 0 Å². The monoisotopic (exact) mass is 577 g/mol. The maximum atomic E-state index is 13.7. The molecule has 0 saturated carbocycles. The number of amides is 4. The fourth-order valence-corrected chi connectivity index (χ4v) is 5.37. The van der Waals surface area contributed by atoms with Crippen molar-refractivity contribution in [1.82, 2.24) is 25.3 Å². The molecule has 2 aromatic carbocycles. The lowest BCUT2D eigenvalue weighted by Gasteiger charge is -2.29. The quantitative estimate of drug-likeness (QED) is 0.523. The number of rotatable bonds is 7. The number of hydrogen-bond acceptors (Lipinski definition) is 6. The number of nitrogens with one attached hydrogen (secondary N) is 2. The van der Waals surface area contributed by atoms with Crippen molar-refractivity contribution < 1.29 is 23.9 Å². The predicted molar refractivity (Wildman–Crippen MR) is 160 cm³/mol. The third kappa shape index (κ3) is 9.04. The Morgan fingerprint density at radius 1 is 0.905 bits per heavy atom. The Morgan fingerprint density at radius 2 is 1.62 bits per heavy atom. The van der Waals surface area contributed by atoms with E-state index >= 15 is 0 Å². The van der Waals surface area contributed by atoms with E-state index in [9.17, 15) is 19.2 Å². The van der Waals surface area contributed by atoms with Crippen molar-refractivity contribution in [3.63, 3.8) is 0 Å². The minimum Gasteiger partial charge on any atom is -0.491 e. The van der Waals surface area contributed by atoms with E-state index in [0.717, 1.165) is 31.5 Å². The first-order valence-corrected chi connectivity index (χ1v) is 15.1. The second-order valence-electron chi connectivity index (χ2n) is 10.8. The summed E-state index contributed by atoms with van der Waals surface area (Å²) < 4.78 is 5.92. The first kappa shape index (κ1) is 31.0. The van der Waals surface area contributed by atoms with Crippen LogP contribution in [-0.4, -0.2) is 96.8 Å². The molecule has 1 fully saturated rings. The van der Waals surface area contributed by atoms with Gasteiger partial charge in [0.15, 0.2) is 0 Å². The maximum absolute atomic E-state index is 13.7. The number of carbonyl (C=O) groups is 4. The van der Waals surface area contributed by atoms with Gasteiger partial charge in [-0.15, -0.1) is 0 Å². The van der Waals surface area contributed by atoms with E-state index in [1.54, 1.807) is 29.2 Å². The normalized spacial score (nSPS) is 19.6. The fourth-order valence-electron chi connectivity index (χ4n) is 5.37. The van der Waals surface area contributed by atoms with Crippen molar-refractivity contribution in [2.45, 2.75) is 51.6 Å². The highest BCUT2D eigenvalue weighted by atomic mass is 16.5. The average molecular weight is 578 g/mol. The third-order valence-electron chi connectivity index (χ3n) is 7.81. The summed E-state index contributed by atoms with van der Waals surface area (Å²) in [6, 6.07) is 15.1. The number of ether oxygens (including phenoxy) is 1. The number of likely N-dealkylation sites (N-methyl/N-ethyl adjacent to an activating group) is 1. The van der Waals surface area contributed by atoms with Crippen LogP contribution in [-0.2, 0) is 20.9 Å². The third-order valence-corrected chi connectivity index (χ3v) is 7.81. The first-order chi connectivity index (χ1) is 20.4. The molecule has 0 spiro atoms.